The summed E-state index contributed by atoms with van der Waals surface area (Å²) in [5.74, 6) is -12.3. The first kappa shape index (κ1) is 78.3. The highest BCUT2D eigenvalue weighted by Gasteiger charge is 2.53. The van der Waals surface area contributed by atoms with Crippen molar-refractivity contribution in [3.05, 3.63) is 105 Å². The third-order valence-electron chi connectivity index (χ3n) is 19.6. The van der Waals surface area contributed by atoms with Gasteiger partial charge >= 0.3 is 0 Å². The second kappa shape index (κ2) is 33.4. The van der Waals surface area contributed by atoms with Crippen molar-refractivity contribution < 1.29 is 93.4 Å². The van der Waals surface area contributed by atoms with Gasteiger partial charge in [-0.3, -0.25) is 14.4 Å². The standard InChI is InChI=1S/C23H34F3N3O4S.C21H30F3N3O4S.C19H26F3N3O4S/c1-23(2,34(31,32)28(3)7-8-33-4)22(30)29-16-5-6-17(29)10-15(9-16)21(27)12-14-11-19(25)20(26)13-18(14)24;1-26(5-6-31-2)32(29,30)12-21(28)27-15-3-4-16(27)8-14(7-15)20(25)10-13-9-18(23)19(24)11-17(13)22;20-15-11-17(22)16(21)9-14(15)10-18(23)13-1-3-24(4-2-13)19(26)12-30(27,28)25-5-7-29-8-6-25/h11,13,15-17,21H,5-10,12,27H2,1-4H3;9,11,14-16,20H,3-8,10,12,25H2,1-2H3;9,11,13,18H,1-8,10,12,23H2/t15?,16-,17+,21-;14?,15-,16+,20-;18-/m111/s1. The number of ether oxygens (including phenoxy) is 3. The fourth-order valence-corrected chi connectivity index (χ4v) is 17.7. The van der Waals surface area contributed by atoms with Crippen LogP contribution < -0.4 is 17.2 Å². The number of sulfonamides is 3. The van der Waals surface area contributed by atoms with Crippen molar-refractivity contribution >= 4 is 47.8 Å². The summed E-state index contributed by atoms with van der Waals surface area (Å²) in [5.41, 5.74) is 18.9. The molecule has 3 aromatic carbocycles. The Morgan fingerprint density at radius 2 is 0.885 bits per heavy atom. The Labute approximate surface area is 556 Å². The summed E-state index contributed by atoms with van der Waals surface area (Å²) in [6.07, 6.45) is 6.38. The maximum Gasteiger partial charge on any atom is 0.245 e. The molecule has 0 radical (unpaired) electrons. The number of morpholine rings is 1. The van der Waals surface area contributed by atoms with Crippen LogP contribution in [-0.2, 0) is 77.9 Å². The number of carbonyl (C=O) groups is 3. The van der Waals surface area contributed by atoms with E-state index in [9.17, 15) is 79.2 Å². The fourth-order valence-electron chi connectivity index (χ4n) is 13.9. The molecule has 4 bridgehead atoms. The molecule has 6 aliphatic heterocycles. The van der Waals surface area contributed by atoms with Crippen LogP contribution in [0.1, 0.15) is 94.7 Å². The summed E-state index contributed by atoms with van der Waals surface area (Å²) in [5, 5.41) is 0. The topological polar surface area (TPSA) is 279 Å². The van der Waals surface area contributed by atoms with Crippen molar-refractivity contribution in [2.24, 2.45) is 35.0 Å². The minimum absolute atomic E-state index is 0.0107. The summed E-state index contributed by atoms with van der Waals surface area (Å²) in [7, 11) is -5.58. The van der Waals surface area contributed by atoms with E-state index in [-0.39, 0.29) is 117 Å². The number of nitrogens with two attached hydrogens (primary N) is 3. The fraction of sp³-hybridized carbons (Fsp3) is 0.667. The minimum atomic E-state index is -3.93. The van der Waals surface area contributed by atoms with Crippen LogP contribution in [0.4, 0.5) is 39.5 Å². The van der Waals surface area contributed by atoms with E-state index in [1.54, 1.807) is 9.80 Å². The van der Waals surface area contributed by atoms with E-state index in [0.29, 0.717) is 83.0 Å². The van der Waals surface area contributed by atoms with Crippen LogP contribution in [0, 0.1) is 70.1 Å². The van der Waals surface area contributed by atoms with Crippen molar-refractivity contribution in [2.45, 2.75) is 144 Å². The number of hydrogen-bond acceptors (Lipinski definition) is 15. The van der Waals surface area contributed by atoms with E-state index < -0.39 is 135 Å². The highest BCUT2D eigenvalue weighted by atomic mass is 32.2. The Morgan fingerprint density at radius 1 is 0.521 bits per heavy atom. The van der Waals surface area contributed by atoms with Gasteiger partial charge in [0.05, 0.1) is 26.4 Å². The number of likely N-dealkylation sites (tertiary alicyclic amines) is 1. The second-order valence-electron chi connectivity index (χ2n) is 26.3. The molecule has 3 aromatic rings. The van der Waals surface area contributed by atoms with E-state index >= 15 is 0 Å². The molecule has 33 heteroatoms. The number of fused-ring (bicyclic) bond motifs is 4. The van der Waals surface area contributed by atoms with Crippen molar-refractivity contribution in [1.82, 2.24) is 27.6 Å². The minimum Gasteiger partial charge on any atom is -0.383 e. The van der Waals surface area contributed by atoms with Crippen molar-refractivity contribution in [3.8, 4) is 0 Å². The molecule has 540 valence electrons. The zero-order valence-electron chi connectivity index (χ0n) is 54.9. The van der Waals surface area contributed by atoms with E-state index in [0.717, 1.165) is 52.5 Å². The molecule has 3 amide bonds. The van der Waals surface area contributed by atoms with Crippen LogP contribution in [0.15, 0.2) is 36.4 Å². The zero-order valence-corrected chi connectivity index (χ0v) is 57.3. The molecule has 6 heterocycles. The number of amides is 3. The van der Waals surface area contributed by atoms with Crippen molar-refractivity contribution in [2.75, 3.05) is 106 Å². The molecule has 21 nitrogen and oxygen atoms in total. The Hall–Kier alpha value is -5.07. The molecule has 6 saturated heterocycles. The number of likely N-dealkylation sites (N-methyl/N-ethyl adjacent to an activating group) is 2. The van der Waals surface area contributed by atoms with E-state index in [1.807, 2.05) is 0 Å². The summed E-state index contributed by atoms with van der Waals surface area (Å²) >= 11 is 0. The van der Waals surface area contributed by atoms with Gasteiger partial charge < -0.3 is 46.1 Å². The van der Waals surface area contributed by atoms with Gasteiger partial charge in [-0.2, -0.15) is 4.31 Å². The third kappa shape index (κ3) is 19.1. The Morgan fingerprint density at radius 3 is 1.28 bits per heavy atom. The van der Waals surface area contributed by atoms with Gasteiger partial charge in [0.1, 0.15) is 29.0 Å². The number of carbonyl (C=O) groups excluding carboxylic acids is 3. The molecule has 6 N–H and O–H groups in total. The molecule has 6 aliphatic rings. The van der Waals surface area contributed by atoms with Gasteiger partial charge in [-0.1, -0.05) is 0 Å². The lowest BCUT2D eigenvalue weighted by molar-refractivity contribution is -0.138. The van der Waals surface area contributed by atoms with Crippen molar-refractivity contribution in [3.63, 3.8) is 0 Å². The van der Waals surface area contributed by atoms with Gasteiger partial charge in [-0.25, -0.2) is 73.4 Å². The number of nitrogens with zero attached hydrogens (tertiary/aromatic N) is 6. The molecule has 9 atom stereocenters. The lowest BCUT2D eigenvalue weighted by atomic mass is 9.82. The van der Waals surface area contributed by atoms with Crippen LogP contribution in [-0.4, -0.2) is 223 Å². The predicted octanol–water partition coefficient (Wildman–Crippen LogP) is 4.96. The first-order chi connectivity index (χ1) is 45.0. The Kier molecular flexibility index (Phi) is 27.2. The Bertz CT molecular complexity index is 3530. The van der Waals surface area contributed by atoms with Gasteiger partial charge in [0.2, 0.25) is 47.8 Å². The van der Waals surface area contributed by atoms with Gasteiger partial charge in [-0.15, -0.1) is 0 Å². The molecule has 6 fully saturated rings. The van der Waals surface area contributed by atoms with Gasteiger partial charge in [0.15, 0.2) is 39.7 Å². The third-order valence-corrected chi connectivity index (χ3v) is 25.6. The normalized spacial score (nSPS) is 22.9. The molecule has 2 unspecified atom stereocenters. The van der Waals surface area contributed by atoms with Crippen LogP contribution in [0.25, 0.3) is 0 Å². The molecule has 0 aliphatic carbocycles. The molecule has 0 spiro atoms. The van der Waals surface area contributed by atoms with Gasteiger partial charge in [-0.05, 0) is 150 Å². The quantitative estimate of drug-likeness (QED) is 0.0790. The molecular formula is C63H90F9N9O12S3. The highest BCUT2D eigenvalue weighted by molar-refractivity contribution is 7.91. The largest absolute Gasteiger partial charge is 0.383 e. The zero-order chi connectivity index (χ0) is 70.9. The van der Waals surface area contributed by atoms with Crippen LogP contribution in [0.2, 0.25) is 0 Å². The van der Waals surface area contributed by atoms with Crippen LogP contribution >= 0.6 is 0 Å². The monoisotopic (exact) mass is 1430 g/mol. The number of piperidine rings is 3. The molecule has 0 saturated carbocycles. The molecule has 96 heavy (non-hydrogen) atoms. The van der Waals surface area contributed by atoms with Gasteiger partial charge in [0, 0.05) is 128 Å². The lowest BCUT2D eigenvalue weighted by Gasteiger charge is -2.44. The summed E-state index contributed by atoms with van der Waals surface area (Å²) in [6.45, 7) is 5.41. The summed E-state index contributed by atoms with van der Waals surface area (Å²) < 4.78 is 215. The van der Waals surface area contributed by atoms with E-state index in [4.69, 9.17) is 31.4 Å². The van der Waals surface area contributed by atoms with Crippen LogP contribution in [0.3, 0.4) is 0 Å². The lowest BCUT2D eigenvalue weighted by Crippen LogP contribution is -2.59. The Balaban J connectivity index is 0.000000204. The number of methoxy groups -OCH3 is 2. The summed E-state index contributed by atoms with van der Waals surface area (Å²) in [6, 6.07) is 1.96. The average molecular weight is 1430 g/mol. The predicted molar refractivity (Wildman–Crippen MR) is 338 cm³/mol. The molecule has 9 rings (SSSR count). The first-order valence-electron chi connectivity index (χ1n) is 32.0. The maximum atomic E-state index is 14.1. The van der Waals surface area contributed by atoms with Gasteiger partial charge in [0.25, 0.3) is 0 Å². The highest BCUT2D eigenvalue weighted by Crippen LogP contribution is 2.43. The van der Waals surface area contributed by atoms with Crippen molar-refractivity contribution in [1.29, 1.82) is 0 Å². The number of halogens is 9. The molecule has 0 aromatic heterocycles. The SMILES string of the molecule is COCCN(C)S(=O)(=O)C(C)(C)C(=O)N1[C@@H]2CC[C@H]1CC([C@H](N)Cc1cc(F)c(F)cc1F)C2.COCCN(C)S(=O)(=O)CC(=O)N1[C@@H]2CC[C@H]1CC([C@H](N)Cc1cc(F)c(F)cc1F)C2.N[C@H](Cc1cc(F)c(F)cc1F)C1CCN(C(=O)CS(=O)(=O)N2CCOCC2)CC1. The average Bonchev–Trinajstić information content (AvgIpc) is 1.44. The number of hydrogen-bond donors (Lipinski definition) is 3. The molecular weight excluding hydrogens is 1340 g/mol. The maximum absolute atomic E-state index is 14.1. The second-order valence-corrected chi connectivity index (χ2v) is 32.9. The van der Waals surface area contributed by atoms with E-state index in [2.05, 4.69) is 0 Å². The first-order valence-corrected chi connectivity index (χ1v) is 36.7. The van der Waals surface area contributed by atoms with E-state index in [1.165, 1.54) is 51.4 Å². The number of benzene rings is 3. The summed E-state index contributed by atoms with van der Waals surface area (Å²) in [4.78, 5) is 43.7. The number of rotatable bonds is 24. The smallest absolute Gasteiger partial charge is 0.245 e. The van der Waals surface area contributed by atoms with Crippen LogP contribution in [0.5, 0.6) is 0 Å².